The number of amides is 1. The second kappa shape index (κ2) is 7.61. The molecule has 4 rings (SSSR count). The third-order valence-electron chi connectivity index (χ3n) is 4.78. The van der Waals surface area contributed by atoms with Gasteiger partial charge < -0.3 is 14.3 Å². The lowest BCUT2D eigenvalue weighted by atomic mass is 10.1. The first-order valence-electron chi connectivity index (χ1n) is 8.98. The Kier molecular flexibility index (Phi) is 4.87. The van der Waals surface area contributed by atoms with Crippen LogP contribution in [0.4, 0.5) is 10.1 Å². The summed E-state index contributed by atoms with van der Waals surface area (Å²) < 4.78 is 18.4. The van der Waals surface area contributed by atoms with Crippen LogP contribution in [0.15, 0.2) is 65.2 Å². The fourth-order valence-electron chi connectivity index (χ4n) is 3.27. The van der Waals surface area contributed by atoms with E-state index in [-0.39, 0.29) is 18.1 Å². The summed E-state index contributed by atoms with van der Waals surface area (Å²) >= 11 is 0. The van der Waals surface area contributed by atoms with E-state index < -0.39 is 0 Å². The molecule has 0 spiro atoms. The van der Waals surface area contributed by atoms with Crippen molar-refractivity contribution in [2.45, 2.75) is 6.42 Å². The molecule has 0 unspecified atom stereocenters. The van der Waals surface area contributed by atoms with E-state index >= 15 is 0 Å². The summed E-state index contributed by atoms with van der Waals surface area (Å²) in [5, 5.41) is 4.06. The number of piperazine rings is 1. The molecule has 2 aromatic carbocycles. The lowest BCUT2D eigenvalue weighted by Crippen LogP contribution is -2.49. The highest BCUT2D eigenvalue weighted by Gasteiger charge is 2.22. The minimum atomic E-state index is -0.241. The number of rotatable bonds is 4. The highest BCUT2D eigenvalue weighted by atomic mass is 19.1. The average Bonchev–Trinajstić information content (AvgIpc) is 3.18. The minimum Gasteiger partial charge on any atom is -0.368 e. The van der Waals surface area contributed by atoms with E-state index in [0.29, 0.717) is 18.8 Å². The molecule has 6 heteroatoms. The van der Waals surface area contributed by atoms with Crippen molar-refractivity contribution in [1.82, 2.24) is 10.1 Å². The van der Waals surface area contributed by atoms with Crippen LogP contribution in [-0.4, -0.2) is 42.1 Å². The predicted molar refractivity (Wildman–Crippen MR) is 101 cm³/mol. The number of aromatic nitrogens is 1. The Morgan fingerprint density at radius 2 is 1.70 bits per heavy atom. The summed E-state index contributed by atoms with van der Waals surface area (Å²) in [6.45, 7) is 2.72. The second-order valence-electron chi connectivity index (χ2n) is 6.57. The van der Waals surface area contributed by atoms with Gasteiger partial charge in [-0.2, -0.15) is 0 Å². The molecule has 138 valence electrons. The number of halogens is 1. The van der Waals surface area contributed by atoms with Crippen molar-refractivity contribution >= 4 is 11.6 Å². The molecule has 1 fully saturated rings. The molecule has 3 aromatic rings. The van der Waals surface area contributed by atoms with Gasteiger partial charge in [0, 0.05) is 43.5 Å². The van der Waals surface area contributed by atoms with Crippen molar-refractivity contribution < 1.29 is 13.7 Å². The quantitative estimate of drug-likeness (QED) is 0.711. The first kappa shape index (κ1) is 17.3. The van der Waals surface area contributed by atoms with Crippen LogP contribution in [0.1, 0.15) is 5.76 Å². The average molecular weight is 365 g/mol. The molecule has 0 bridgehead atoms. The number of nitrogens with zero attached hydrogens (tertiary/aromatic N) is 3. The number of hydrogen-bond acceptors (Lipinski definition) is 4. The molecule has 0 atom stereocenters. The van der Waals surface area contributed by atoms with Gasteiger partial charge in [0.1, 0.15) is 17.3 Å². The molecule has 0 aliphatic carbocycles. The maximum Gasteiger partial charge on any atom is 0.230 e. The molecule has 0 N–H and O–H groups in total. The minimum absolute atomic E-state index is 0.0320. The summed E-state index contributed by atoms with van der Waals surface area (Å²) in [6.07, 6.45) is 0.205. The zero-order chi connectivity index (χ0) is 18.6. The smallest absolute Gasteiger partial charge is 0.230 e. The van der Waals surface area contributed by atoms with Gasteiger partial charge in [-0.15, -0.1) is 0 Å². The lowest BCUT2D eigenvalue weighted by Gasteiger charge is -2.36. The third kappa shape index (κ3) is 4.00. The van der Waals surface area contributed by atoms with Crippen LogP contribution in [0.3, 0.4) is 0 Å². The van der Waals surface area contributed by atoms with Crippen molar-refractivity contribution in [2.24, 2.45) is 0 Å². The Morgan fingerprint density at radius 3 is 2.41 bits per heavy atom. The summed E-state index contributed by atoms with van der Waals surface area (Å²) in [6, 6.07) is 18.0. The molecule has 5 nitrogen and oxygen atoms in total. The highest BCUT2D eigenvalue weighted by Crippen LogP contribution is 2.20. The van der Waals surface area contributed by atoms with Crippen LogP contribution in [0.2, 0.25) is 0 Å². The largest absolute Gasteiger partial charge is 0.368 e. The first-order chi connectivity index (χ1) is 13.2. The van der Waals surface area contributed by atoms with Gasteiger partial charge in [-0.1, -0.05) is 35.5 Å². The lowest BCUT2D eigenvalue weighted by molar-refractivity contribution is -0.131. The number of carbonyl (C=O) groups is 1. The van der Waals surface area contributed by atoms with E-state index in [1.54, 1.807) is 12.1 Å². The van der Waals surface area contributed by atoms with E-state index in [1.807, 2.05) is 41.3 Å². The maximum absolute atomic E-state index is 13.1. The monoisotopic (exact) mass is 365 g/mol. The van der Waals surface area contributed by atoms with Gasteiger partial charge in [-0.25, -0.2) is 4.39 Å². The van der Waals surface area contributed by atoms with E-state index in [2.05, 4.69) is 10.1 Å². The van der Waals surface area contributed by atoms with Crippen molar-refractivity contribution in [2.75, 3.05) is 31.1 Å². The van der Waals surface area contributed by atoms with Crippen LogP contribution >= 0.6 is 0 Å². The van der Waals surface area contributed by atoms with Crippen LogP contribution in [0.5, 0.6) is 0 Å². The Hall–Kier alpha value is -3.15. The van der Waals surface area contributed by atoms with Crippen LogP contribution in [-0.2, 0) is 11.2 Å². The van der Waals surface area contributed by atoms with Gasteiger partial charge >= 0.3 is 0 Å². The van der Waals surface area contributed by atoms with Gasteiger partial charge in [0.2, 0.25) is 5.91 Å². The molecule has 0 radical (unpaired) electrons. The van der Waals surface area contributed by atoms with Crippen LogP contribution in [0, 0.1) is 5.82 Å². The molecule has 0 saturated carbocycles. The highest BCUT2D eigenvalue weighted by molar-refractivity contribution is 5.79. The molecular formula is C21H20FN3O2. The van der Waals surface area contributed by atoms with E-state index in [1.165, 1.54) is 12.1 Å². The first-order valence-corrected chi connectivity index (χ1v) is 8.98. The Labute approximate surface area is 157 Å². The van der Waals surface area contributed by atoms with Gasteiger partial charge in [0.25, 0.3) is 0 Å². The molecule has 1 saturated heterocycles. The number of benzene rings is 2. The summed E-state index contributed by atoms with van der Waals surface area (Å²) in [5.41, 5.74) is 2.68. The maximum atomic E-state index is 13.1. The Balaban J connectivity index is 1.33. The van der Waals surface area contributed by atoms with Gasteiger partial charge in [-0.3, -0.25) is 4.79 Å². The van der Waals surface area contributed by atoms with Crippen molar-refractivity contribution in [3.05, 3.63) is 72.2 Å². The predicted octanol–water partition coefficient (Wildman–Crippen LogP) is 3.37. The fraction of sp³-hybridized carbons (Fsp3) is 0.238. The van der Waals surface area contributed by atoms with Crippen LogP contribution < -0.4 is 4.90 Å². The van der Waals surface area contributed by atoms with Crippen molar-refractivity contribution in [3.8, 4) is 11.3 Å². The normalized spacial score (nSPS) is 14.4. The van der Waals surface area contributed by atoms with E-state index in [4.69, 9.17) is 4.52 Å². The number of anilines is 1. The van der Waals surface area contributed by atoms with Crippen LogP contribution in [0.25, 0.3) is 11.3 Å². The zero-order valence-corrected chi connectivity index (χ0v) is 14.8. The van der Waals surface area contributed by atoms with Crippen molar-refractivity contribution in [1.29, 1.82) is 0 Å². The van der Waals surface area contributed by atoms with Crippen molar-refractivity contribution in [3.63, 3.8) is 0 Å². The number of hydrogen-bond donors (Lipinski definition) is 0. The molecule has 1 amide bonds. The summed E-state index contributed by atoms with van der Waals surface area (Å²) in [7, 11) is 0. The topological polar surface area (TPSA) is 49.6 Å². The van der Waals surface area contributed by atoms with Gasteiger partial charge in [0.05, 0.1) is 6.42 Å². The Bertz CT molecular complexity index is 901. The second-order valence-corrected chi connectivity index (χ2v) is 6.57. The number of carbonyl (C=O) groups excluding carboxylic acids is 1. The summed E-state index contributed by atoms with van der Waals surface area (Å²) in [5.74, 6) is 0.360. The molecule has 27 heavy (non-hydrogen) atoms. The molecule has 1 aliphatic heterocycles. The third-order valence-corrected chi connectivity index (χ3v) is 4.78. The summed E-state index contributed by atoms with van der Waals surface area (Å²) in [4.78, 5) is 16.6. The molecular weight excluding hydrogens is 345 g/mol. The molecule has 1 aliphatic rings. The molecule has 2 heterocycles. The standard InChI is InChI=1S/C21H20FN3O2/c22-17-6-8-18(9-7-17)24-10-12-25(13-11-24)21(26)15-19-14-20(23-27-19)16-4-2-1-3-5-16/h1-9,14H,10-13,15H2. The van der Waals surface area contributed by atoms with Gasteiger partial charge in [0.15, 0.2) is 0 Å². The van der Waals surface area contributed by atoms with E-state index in [0.717, 1.165) is 30.0 Å². The van der Waals surface area contributed by atoms with Gasteiger partial charge in [-0.05, 0) is 24.3 Å². The fourth-order valence-corrected chi connectivity index (χ4v) is 3.27. The SMILES string of the molecule is O=C(Cc1cc(-c2ccccc2)no1)N1CCN(c2ccc(F)cc2)CC1. The molecule has 1 aromatic heterocycles. The Morgan fingerprint density at radius 1 is 1.00 bits per heavy atom. The van der Waals surface area contributed by atoms with E-state index in [9.17, 15) is 9.18 Å². The zero-order valence-electron chi connectivity index (χ0n) is 14.8.